The summed E-state index contributed by atoms with van der Waals surface area (Å²) in [5, 5.41) is 9.64. The van der Waals surface area contributed by atoms with Crippen LogP contribution in [0.5, 0.6) is 0 Å². The molecule has 0 amide bonds. The van der Waals surface area contributed by atoms with E-state index in [2.05, 4.69) is 4.98 Å². The van der Waals surface area contributed by atoms with Gasteiger partial charge in [-0.2, -0.15) is 0 Å². The lowest BCUT2D eigenvalue weighted by Gasteiger charge is -2.09. The molecule has 0 aliphatic carbocycles. The number of hydrogen-bond acceptors (Lipinski definition) is 2. The third-order valence-corrected chi connectivity index (χ3v) is 2.29. The molecule has 0 spiro atoms. The molecule has 0 aliphatic heterocycles. The average molecular weight is 194 g/mol. The number of nitrogens with one attached hydrogen (secondary N) is 1. The van der Waals surface area contributed by atoms with Gasteiger partial charge in [0, 0.05) is 17.1 Å². The second kappa shape index (κ2) is 3.40. The van der Waals surface area contributed by atoms with E-state index in [1.54, 1.807) is 24.4 Å². The van der Waals surface area contributed by atoms with Gasteiger partial charge in [-0.25, -0.2) is 4.39 Å². The number of halogens is 1. The molecule has 4 N–H and O–H groups in total. The molecule has 0 saturated carbocycles. The van der Waals surface area contributed by atoms with Crippen LogP contribution in [0, 0.1) is 5.82 Å². The highest BCUT2D eigenvalue weighted by molar-refractivity contribution is 5.80. The Morgan fingerprint density at radius 1 is 1.43 bits per heavy atom. The molecule has 1 atom stereocenters. The number of aromatic nitrogens is 1. The lowest BCUT2D eigenvalue weighted by atomic mass is 10.1. The second-order valence-corrected chi connectivity index (χ2v) is 3.20. The third kappa shape index (κ3) is 1.29. The van der Waals surface area contributed by atoms with E-state index in [4.69, 9.17) is 10.8 Å². The summed E-state index contributed by atoms with van der Waals surface area (Å²) in [4.78, 5) is 2.80. The number of hydrogen-bond donors (Lipinski definition) is 3. The first-order chi connectivity index (χ1) is 6.74. The van der Waals surface area contributed by atoms with Gasteiger partial charge in [0.2, 0.25) is 0 Å². The van der Waals surface area contributed by atoms with Crippen molar-refractivity contribution in [3.8, 4) is 0 Å². The summed E-state index contributed by atoms with van der Waals surface area (Å²) in [6.07, 6.45) is 1.67. The van der Waals surface area contributed by atoms with Gasteiger partial charge in [0.15, 0.2) is 5.82 Å². The molecule has 0 saturated heterocycles. The van der Waals surface area contributed by atoms with Crippen LogP contribution in [0.15, 0.2) is 24.4 Å². The first kappa shape index (κ1) is 9.18. The fourth-order valence-electron chi connectivity index (χ4n) is 1.49. The maximum atomic E-state index is 13.7. The van der Waals surface area contributed by atoms with E-state index in [9.17, 15) is 4.39 Å². The Kier molecular flexibility index (Phi) is 2.23. The summed E-state index contributed by atoms with van der Waals surface area (Å²) in [5.41, 5.74) is 6.32. The zero-order chi connectivity index (χ0) is 10.1. The summed E-state index contributed by atoms with van der Waals surface area (Å²) in [6, 6.07) is 4.50. The normalized spacial score (nSPS) is 13.4. The molecular weight excluding hydrogens is 183 g/mol. The molecule has 14 heavy (non-hydrogen) atoms. The van der Waals surface area contributed by atoms with Crippen LogP contribution in [-0.2, 0) is 0 Å². The lowest BCUT2D eigenvalue weighted by molar-refractivity contribution is 0.265. The standard InChI is InChI=1S/C10H11FN2O/c11-9-7(8(12)5-14)2-1-6-3-4-13-10(6)9/h1-4,8,13-14H,5,12H2. The zero-order valence-electron chi connectivity index (χ0n) is 7.50. The van der Waals surface area contributed by atoms with Crippen LogP contribution in [0.25, 0.3) is 10.9 Å². The van der Waals surface area contributed by atoms with Crippen molar-refractivity contribution in [1.82, 2.24) is 4.98 Å². The van der Waals surface area contributed by atoms with Gasteiger partial charge in [-0.3, -0.25) is 0 Å². The van der Waals surface area contributed by atoms with Crippen molar-refractivity contribution < 1.29 is 9.50 Å². The molecule has 0 radical (unpaired) electrons. The highest BCUT2D eigenvalue weighted by Gasteiger charge is 2.13. The number of H-pyrrole nitrogens is 1. The van der Waals surface area contributed by atoms with E-state index < -0.39 is 6.04 Å². The van der Waals surface area contributed by atoms with Gasteiger partial charge < -0.3 is 15.8 Å². The fourth-order valence-corrected chi connectivity index (χ4v) is 1.49. The van der Waals surface area contributed by atoms with Crippen molar-refractivity contribution >= 4 is 10.9 Å². The maximum Gasteiger partial charge on any atom is 0.152 e. The smallest absolute Gasteiger partial charge is 0.152 e. The monoisotopic (exact) mass is 194 g/mol. The fraction of sp³-hybridized carbons (Fsp3) is 0.200. The number of aromatic amines is 1. The topological polar surface area (TPSA) is 62.0 Å². The summed E-state index contributed by atoms with van der Waals surface area (Å²) >= 11 is 0. The van der Waals surface area contributed by atoms with E-state index in [1.807, 2.05) is 0 Å². The van der Waals surface area contributed by atoms with E-state index >= 15 is 0 Å². The zero-order valence-corrected chi connectivity index (χ0v) is 7.50. The molecule has 74 valence electrons. The molecule has 4 heteroatoms. The number of benzene rings is 1. The maximum absolute atomic E-state index is 13.7. The van der Waals surface area contributed by atoms with Gasteiger partial charge in [0.25, 0.3) is 0 Å². The molecule has 0 bridgehead atoms. The molecule has 1 unspecified atom stereocenters. The minimum absolute atomic E-state index is 0.261. The minimum Gasteiger partial charge on any atom is -0.394 e. The van der Waals surface area contributed by atoms with Gasteiger partial charge in [-0.1, -0.05) is 12.1 Å². The summed E-state index contributed by atoms with van der Waals surface area (Å²) in [6.45, 7) is -0.261. The Balaban J connectivity index is 2.61. The Morgan fingerprint density at radius 2 is 2.21 bits per heavy atom. The number of aliphatic hydroxyl groups excluding tert-OH is 1. The third-order valence-electron chi connectivity index (χ3n) is 2.29. The highest BCUT2D eigenvalue weighted by atomic mass is 19.1. The largest absolute Gasteiger partial charge is 0.394 e. The van der Waals surface area contributed by atoms with Crippen LogP contribution in [-0.4, -0.2) is 16.7 Å². The van der Waals surface area contributed by atoms with Crippen molar-refractivity contribution in [3.63, 3.8) is 0 Å². The first-order valence-corrected chi connectivity index (χ1v) is 4.36. The molecular formula is C10H11FN2O. The van der Waals surface area contributed by atoms with Crippen LogP contribution in [0.2, 0.25) is 0 Å². The van der Waals surface area contributed by atoms with Gasteiger partial charge in [-0.15, -0.1) is 0 Å². The first-order valence-electron chi connectivity index (χ1n) is 4.36. The number of rotatable bonds is 2. The van der Waals surface area contributed by atoms with Crippen molar-refractivity contribution in [2.45, 2.75) is 6.04 Å². The van der Waals surface area contributed by atoms with Crippen LogP contribution in [0.1, 0.15) is 11.6 Å². The van der Waals surface area contributed by atoms with Crippen molar-refractivity contribution in [2.75, 3.05) is 6.61 Å². The predicted molar refractivity (Wildman–Crippen MR) is 52.3 cm³/mol. The minimum atomic E-state index is -0.664. The van der Waals surface area contributed by atoms with E-state index in [0.717, 1.165) is 5.39 Å². The van der Waals surface area contributed by atoms with Gasteiger partial charge in [0.05, 0.1) is 18.2 Å². The Morgan fingerprint density at radius 3 is 2.93 bits per heavy atom. The Labute approximate surface area is 80.4 Å². The Hall–Kier alpha value is -1.39. The van der Waals surface area contributed by atoms with E-state index in [1.165, 1.54) is 0 Å². The van der Waals surface area contributed by atoms with E-state index in [-0.39, 0.29) is 12.4 Å². The highest BCUT2D eigenvalue weighted by Crippen LogP contribution is 2.22. The van der Waals surface area contributed by atoms with Gasteiger partial charge in [0.1, 0.15) is 0 Å². The number of nitrogens with two attached hydrogens (primary N) is 1. The van der Waals surface area contributed by atoms with Gasteiger partial charge >= 0.3 is 0 Å². The molecule has 1 heterocycles. The molecule has 0 aliphatic rings. The average Bonchev–Trinajstić information content (AvgIpc) is 2.66. The van der Waals surface area contributed by atoms with Gasteiger partial charge in [-0.05, 0) is 6.07 Å². The molecule has 1 aromatic carbocycles. The number of fused-ring (bicyclic) bond motifs is 1. The summed E-state index contributed by atoms with van der Waals surface area (Å²) < 4.78 is 13.7. The van der Waals surface area contributed by atoms with Crippen molar-refractivity contribution in [1.29, 1.82) is 0 Å². The molecule has 1 aromatic heterocycles. The molecule has 3 nitrogen and oxygen atoms in total. The molecule has 2 aromatic rings. The van der Waals surface area contributed by atoms with Crippen molar-refractivity contribution in [3.05, 3.63) is 35.8 Å². The van der Waals surface area contributed by atoms with Crippen molar-refractivity contribution in [2.24, 2.45) is 5.73 Å². The lowest BCUT2D eigenvalue weighted by Crippen LogP contribution is -2.16. The van der Waals surface area contributed by atoms with Crippen LogP contribution in [0.4, 0.5) is 4.39 Å². The van der Waals surface area contributed by atoms with E-state index in [0.29, 0.717) is 11.1 Å². The summed E-state index contributed by atoms with van der Waals surface area (Å²) in [7, 11) is 0. The predicted octanol–water partition coefficient (Wildman–Crippen LogP) is 1.30. The van der Waals surface area contributed by atoms with Crippen LogP contribution < -0.4 is 5.73 Å². The second-order valence-electron chi connectivity index (χ2n) is 3.20. The Bertz CT molecular complexity index is 452. The SMILES string of the molecule is NC(CO)c1ccc2cc[nH]c2c1F. The number of aliphatic hydroxyl groups is 1. The van der Waals surface area contributed by atoms with Crippen LogP contribution >= 0.6 is 0 Å². The summed E-state index contributed by atoms with van der Waals surface area (Å²) in [5.74, 6) is -0.381. The quantitative estimate of drug-likeness (QED) is 0.674. The molecule has 2 rings (SSSR count). The molecule has 0 fully saturated rings. The van der Waals surface area contributed by atoms with Crippen LogP contribution in [0.3, 0.4) is 0 Å².